The molecule has 1 rings (SSSR count). The number of benzene rings is 1. The summed E-state index contributed by atoms with van der Waals surface area (Å²) in [4.78, 5) is 11.3. The molecule has 1 aromatic carbocycles. The van der Waals surface area contributed by atoms with Gasteiger partial charge in [-0.15, -0.1) is 0 Å². The molecule has 0 aliphatic carbocycles. The van der Waals surface area contributed by atoms with Gasteiger partial charge in [0.1, 0.15) is 11.5 Å². The van der Waals surface area contributed by atoms with Crippen molar-refractivity contribution in [2.24, 2.45) is 0 Å². The quantitative estimate of drug-likeness (QED) is 0.775. The van der Waals surface area contributed by atoms with Crippen molar-refractivity contribution in [3.8, 4) is 5.75 Å². The number of hydrogen-bond acceptors (Lipinski definition) is 2. The van der Waals surface area contributed by atoms with Gasteiger partial charge in [-0.05, 0) is 18.6 Å². The van der Waals surface area contributed by atoms with Crippen LogP contribution >= 0.6 is 15.9 Å². The molecule has 14 heavy (non-hydrogen) atoms. The summed E-state index contributed by atoms with van der Waals surface area (Å²) in [6.07, 6.45) is 0.432. The number of halogens is 1. The molecule has 0 N–H and O–H groups in total. The van der Waals surface area contributed by atoms with Crippen LogP contribution in [0.3, 0.4) is 0 Å². The Hall–Kier alpha value is -0.830. The number of Topliss-reactive ketones (excluding diaryl/α,β-unsaturated/α-hetero) is 1. The molecule has 0 fully saturated rings. The lowest BCUT2D eigenvalue weighted by Gasteiger charge is -2.09. The predicted molar refractivity (Wildman–Crippen MR) is 60.2 cm³/mol. The molecule has 3 heteroatoms. The van der Waals surface area contributed by atoms with Crippen molar-refractivity contribution < 1.29 is 9.53 Å². The minimum absolute atomic E-state index is 0.164. The van der Waals surface area contributed by atoms with Crippen molar-refractivity contribution in [1.82, 2.24) is 0 Å². The average molecular weight is 257 g/mol. The van der Waals surface area contributed by atoms with Crippen molar-refractivity contribution in [2.45, 2.75) is 13.3 Å². The summed E-state index contributed by atoms with van der Waals surface area (Å²) in [6, 6.07) is 5.79. The maximum atomic E-state index is 11.3. The van der Waals surface area contributed by atoms with E-state index < -0.39 is 0 Å². The first-order chi connectivity index (χ1) is 6.69. The van der Waals surface area contributed by atoms with E-state index >= 15 is 0 Å². The van der Waals surface area contributed by atoms with Gasteiger partial charge < -0.3 is 4.74 Å². The van der Waals surface area contributed by atoms with Crippen LogP contribution in [0.25, 0.3) is 0 Å². The number of ether oxygens (including phenoxy) is 1. The third-order valence-electron chi connectivity index (χ3n) is 2.11. The normalized spacial score (nSPS) is 9.93. The number of alkyl halides is 1. The highest BCUT2D eigenvalue weighted by Gasteiger charge is 2.09. The molecule has 0 atom stereocenters. The summed E-state index contributed by atoms with van der Waals surface area (Å²) >= 11 is 3.15. The molecule has 0 saturated carbocycles. The van der Waals surface area contributed by atoms with Crippen molar-refractivity contribution in [1.29, 1.82) is 0 Å². The highest BCUT2D eigenvalue weighted by Crippen LogP contribution is 2.22. The van der Waals surface area contributed by atoms with Gasteiger partial charge in [-0.3, -0.25) is 4.79 Å². The Morgan fingerprint density at radius 3 is 2.79 bits per heavy atom. The largest absolute Gasteiger partial charge is 0.496 e. The van der Waals surface area contributed by atoms with E-state index in [1.807, 2.05) is 25.1 Å². The SMILES string of the molecule is COc1cccc(C)c1CC(=O)CBr. The molecule has 2 nitrogen and oxygen atoms in total. The van der Waals surface area contributed by atoms with Gasteiger partial charge in [0.05, 0.1) is 12.4 Å². The Balaban J connectivity index is 2.98. The number of aryl methyl sites for hydroxylation is 1. The second-order valence-corrected chi connectivity index (χ2v) is 3.67. The van der Waals surface area contributed by atoms with Crippen LogP contribution in [-0.4, -0.2) is 18.2 Å². The zero-order valence-corrected chi connectivity index (χ0v) is 9.93. The Labute approximate surface area is 92.4 Å². The maximum Gasteiger partial charge on any atom is 0.147 e. The molecule has 0 unspecified atom stereocenters. The molecule has 76 valence electrons. The molecule has 0 aliphatic rings. The van der Waals surface area contributed by atoms with E-state index in [0.29, 0.717) is 11.8 Å². The number of carbonyl (C=O) groups is 1. The Kier molecular flexibility index (Phi) is 4.14. The standard InChI is InChI=1S/C11H13BrO2/c1-8-4-3-5-11(14-2)10(8)6-9(13)7-12/h3-5H,6-7H2,1-2H3. The fraction of sp³-hybridized carbons (Fsp3) is 0.364. The molecule has 0 aromatic heterocycles. The van der Waals surface area contributed by atoms with Crippen LogP contribution in [0.1, 0.15) is 11.1 Å². The second-order valence-electron chi connectivity index (χ2n) is 3.10. The molecule has 1 aromatic rings. The molecule has 0 amide bonds. The molecule has 0 spiro atoms. The van der Waals surface area contributed by atoms with Gasteiger partial charge in [-0.25, -0.2) is 0 Å². The lowest BCUT2D eigenvalue weighted by molar-refractivity contribution is -0.115. The Bertz CT molecular complexity index is 334. The molecule has 0 aliphatic heterocycles. The number of carbonyl (C=O) groups excluding carboxylic acids is 1. The predicted octanol–water partition coefficient (Wildman–Crippen LogP) is 2.51. The topological polar surface area (TPSA) is 26.3 Å². The lowest BCUT2D eigenvalue weighted by atomic mass is 10.0. The van der Waals surface area contributed by atoms with Crippen molar-refractivity contribution in [2.75, 3.05) is 12.4 Å². The van der Waals surface area contributed by atoms with Crippen LogP contribution in [0.2, 0.25) is 0 Å². The summed E-state index contributed by atoms with van der Waals surface area (Å²) in [5.74, 6) is 0.955. The van der Waals surface area contributed by atoms with E-state index in [4.69, 9.17) is 4.74 Å². The number of hydrogen-bond donors (Lipinski definition) is 0. The van der Waals surface area contributed by atoms with Crippen molar-refractivity contribution >= 4 is 21.7 Å². The van der Waals surface area contributed by atoms with Gasteiger partial charge in [0.25, 0.3) is 0 Å². The number of methoxy groups -OCH3 is 1. The summed E-state index contributed by atoms with van der Waals surface area (Å²) < 4.78 is 5.20. The Morgan fingerprint density at radius 1 is 1.50 bits per heavy atom. The monoisotopic (exact) mass is 256 g/mol. The molecular weight excluding hydrogens is 244 g/mol. The van der Waals surface area contributed by atoms with E-state index in [2.05, 4.69) is 15.9 Å². The van der Waals surface area contributed by atoms with Gasteiger partial charge in [-0.1, -0.05) is 28.1 Å². The van der Waals surface area contributed by atoms with Gasteiger partial charge in [0.15, 0.2) is 0 Å². The first-order valence-corrected chi connectivity index (χ1v) is 5.51. The lowest BCUT2D eigenvalue weighted by Crippen LogP contribution is -2.06. The molecule has 0 saturated heterocycles. The van der Waals surface area contributed by atoms with Crippen LogP contribution in [0.4, 0.5) is 0 Å². The zero-order valence-electron chi connectivity index (χ0n) is 8.34. The van der Waals surface area contributed by atoms with Crippen LogP contribution < -0.4 is 4.74 Å². The first-order valence-electron chi connectivity index (χ1n) is 4.39. The van der Waals surface area contributed by atoms with E-state index in [0.717, 1.165) is 16.9 Å². The van der Waals surface area contributed by atoms with Crippen molar-refractivity contribution in [3.05, 3.63) is 29.3 Å². The van der Waals surface area contributed by atoms with Gasteiger partial charge in [-0.2, -0.15) is 0 Å². The highest BCUT2D eigenvalue weighted by atomic mass is 79.9. The summed E-state index contributed by atoms with van der Waals surface area (Å²) in [5, 5.41) is 0.393. The average Bonchev–Trinajstić information content (AvgIpc) is 2.20. The number of ketones is 1. The summed E-state index contributed by atoms with van der Waals surface area (Å²) in [7, 11) is 1.62. The van der Waals surface area contributed by atoms with Gasteiger partial charge in [0.2, 0.25) is 0 Å². The third-order valence-corrected chi connectivity index (χ3v) is 2.74. The van der Waals surface area contributed by atoms with E-state index in [9.17, 15) is 4.79 Å². The fourth-order valence-corrected chi connectivity index (χ4v) is 1.54. The fourth-order valence-electron chi connectivity index (χ4n) is 1.34. The van der Waals surface area contributed by atoms with E-state index in [1.165, 1.54) is 0 Å². The first kappa shape index (κ1) is 11.2. The minimum Gasteiger partial charge on any atom is -0.496 e. The van der Waals surface area contributed by atoms with Gasteiger partial charge >= 0.3 is 0 Å². The summed E-state index contributed by atoms with van der Waals surface area (Å²) in [6.45, 7) is 1.99. The molecule has 0 heterocycles. The van der Waals surface area contributed by atoms with Crippen LogP contribution in [-0.2, 0) is 11.2 Å². The highest BCUT2D eigenvalue weighted by molar-refractivity contribution is 9.09. The Morgan fingerprint density at radius 2 is 2.21 bits per heavy atom. The zero-order chi connectivity index (χ0) is 10.6. The molecule has 0 radical (unpaired) electrons. The molecule has 0 bridgehead atoms. The maximum absolute atomic E-state index is 11.3. The summed E-state index contributed by atoms with van der Waals surface area (Å²) in [5.41, 5.74) is 2.08. The minimum atomic E-state index is 0.164. The van der Waals surface area contributed by atoms with Crippen LogP contribution in [0, 0.1) is 6.92 Å². The molecular formula is C11H13BrO2. The van der Waals surface area contributed by atoms with E-state index in [1.54, 1.807) is 7.11 Å². The van der Waals surface area contributed by atoms with E-state index in [-0.39, 0.29) is 5.78 Å². The van der Waals surface area contributed by atoms with Crippen molar-refractivity contribution in [3.63, 3.8) is 0 Å². The second kappa shape index (κ2) is 5.15. The third kappa shape index (κ3) is 2.58. The van der Waals surface area contributed by atoms with Crippen LogP contribution in [0.5, 0.6) is 5.75 Å². The van der Waals surface area contributed by atoms with Crippen LogP contribution in [0.15, 0.2) is 18.2 Å². The van der Waals surface area contributed by atoms with Gasteiger partial charge in [0, 0.05) is 12.0 Å². The smallest absolute Gasteiger partial charge is 0.147 e. The number of rotatable bonds is 4.